The Hall–Kier alpha value is -3.13. The Labute approximate surface area is 180 Å². The van der Waals surface area contributed by atoms with Crippen LogP contribution in [0.5, 0.6) is 11.5 Å². The standard InChI is InChI=1S/C23H25FN2O5/c1-29-9-8-25-14-18(11-22(25)27)23(28)26(12-16-2-5-19(24)6-3-16)13-17-4-7-20-21(10-17)31-15-30-20/h2-7,10,18H,8-9,11-15H2,1H3. The van der Waals surface area contributed by atoms with E-state index in [0.29, 0.717) is 44.3 Å². The van der Waals surface area contributed by atoms with Crippen LogP contribution < -0.4 is 9.47 Å². The quantitative estimate of drug-likeness (QED) is 0.647. The summed E-state index contributed by atoms with van der Waals surface area (Å²) in [6.07, 6.45) is 0.184. The average molecular weight is 428 g/mol. The van der Waals surface area contributed by atoms with Gasteiger partial charge in [-0.25, -0.2) is 4.39 Å². The van der Waals surface area contributed by atoms with E-state index in [1.165, 1.54) is 12.1 Å². The third-order valence-electron chi connectivity index (χ3n) is 5.54. The number of ether oxygens (including phenoxy) is 3. The summed E-state index contributed by atoms with van der Waals surface area (Å²) in [6, 6.07) is 11.7. The van der Waals surface area contributed by atoms with Gasteiger partial charge in [0.05, 0.1) is 12.5 Å². The summed E-state index contributed by atoms with van der Waals surface area (Å²) in [5.74, 6) is 0.436. The maximum absolute atomic E-state index is 13.4. The maximum Gasteiger partial charge on any atom is 0.231 e. The average Bonchev–Trinajstić information content (AvgIpc) is 3.38. The van der Waals surface area contributed by atoms with Gasteiger partial charge in [0.2, 0.25) is 18.6 Å². The maximum atomic E-state index is 13.4. The zero-order chi connectivity index (χ0) is 21.8. The zero-order valence-electron chi connectivity index (χ0n) is 17.4. The first-order valence-electron chi connectivity index (χ1n) is 10.2. The van der Waals surface area contributed by atoms with E-state index in [-0.39, 0.29) is 30.8 Å². The van der Waals surface area contributed by atoms with Crippen molar-refractivity contribution in [2.75, 3.05) is 33.6 Å². The van der Waals surface area contributed by atoms with Gasteiger partial charge in [0.1, 0.15) is 5.82 Å². The number of halogens is 1. The van der Waals surface area contributed by atoms with Crippen molar-refractivity contribution in [2.45, 2.75) is 19.5 Å². The second-order valence-electron chi connectivity index (χ2n) is 7.74. The van der Waals surface area contributed by atoms with Gasteiger partial charge >= 0.3 is 0 Å². The van der Waals surface area contributed by atoms with Crippen molar-refractivity contribution in [1.82, 2.24) is 9.80 Å². The van der Waals surface area contributed by atoms with Gasteiger partial charge < -0.3 is 24.0 Å². The number of carbonyl (C=O) groups is 2. The third kappa shape index (κ3) is 4.96. The van der Waals surface area contributed by atoms with Crippen LogP contribution in [-0.4, -0.2) is 55.2 Å². The zero-order valence-corrected chi connectivity index (χ0v) is 17.4. The number of nitrogens with zero attached hydrogens (tertiary/aromatic N) is 2. The summed E-state index contributed by atoms with van der Waals surface area (Å²) in [4.78, 5) is 29.1. The van der Waals surface area contributed by atoms with Crippen molar-refractivity contribution in [1.29, 1.82) is 0 Å². The number of methoxy groups -OCH3 is 1. The Morgan fingerprint density at radius 2 is 1.84 bits per heavy atom. The molecule has 0 aromatic heterocycles. The highest BCUT2D eigenvalue weighted by Crippen LogP contribution is 2.33. The summed E-state index contributed by atoms with van der Waals surface area (Å²) >= 11 is 0. The molecule has 2 aliphatic heterocycles. The highest BCUT2D eigenvalue weighted by molar-refractivity contribution is 5.89. The lowest BCUT2D eigenvalue weighted by molar-refractivity contribution is -0.137. The van der Waals surface area contributed by atoms with Crippen LogP contribution in [0.3, 0.4) is 0 Å². The van der Waals surface area contributed by atoms with E-state index in [1.807, 2.05) is 18.2 Å². The van der Waals surface area contributed by atoms with E-state index >= 15 is 0 Å². The highest BCUT2D eigenvalue weighted by atomic mass is 19.1. The summed E-state index contributed by atoms with van der Waals surface area (Å²) in [7, 11) is 1.58. The summed E-state index contributed by atoms with van der Waals surface area (Å²) in [5, 5.41) is 0. The van der Waals surface area contributed by atoms with E-state index in [0.717, 1.165) is 11.1 Å². The largest absolute Gasteiger partial charge is 0.454 e. The first-order valence-corrected chi connectivity index (χ1v) is 10.2. The molecule has 2 heterocycles. The molecule has 2 aromatic carbocycles. The number of hydrogen-bond acceptors (Lipinski definition) is 5. The van der Waals surface area contributed by atoms with E-state index in [4.69, 9.17) is 14.2 Å². The summed E-state index contributed by atoms with van der Waals surface area (Å²) in [6.45, 7) is 2.12. The van der Waals surface area contributed by atoms with Crippen molar-refractivity contribution in [3.63, 3.8) is 0 Å². The van der Waals surface area contributed by atoms with Crippen molar-refractivity contribution in [2.24, 2.45) is 5.92 Å². The lowest BCUT2D eigenvalue weighted by atomic mass is 10.1. The van der Waals surface area contributed by atoms with Crippen LogP contribution in [-0.2, 0) is 27.4 Å². The van der Waals surface area contributed by atoms with Crippen molar-refractivity contribution in [3.8, 4) is 11.5 Å². The third-order valence-corrected chi connectivity index (χ3v) is 5.54. The number of fused-ring (bicyclic) bond motifs is 1. The molecule has 0 N–H and O–H groups in total. The molecule has 8 heteroatoms. The summed E-state index contributed by atoms with van der Waals surface area (Å²) in [5.41, 5.74) is 1.70. The van der Waals surface area contributed by atoms with Crippen molar-refractivity contribution in [3.05, 3.63) is 59.4 Å². The van der Waals surface area contributed by atoms with Crippen LogP contribution >= 0.6 is 0 Å². The Balaban J connectivity index is 1.52. The minimum Gasteiger partial charge on any atom is -0.454 e. The molecular formula is C23H25FN2O5. The first-order chi connectivity index (χ1) is 15.0. The van der Waals surface area contributed by atoms with Gasteiger partial charge in [-0.1, -0.05) is 18.2 Å². The fraction of sp³-hybridized carbons (Fsp3) is 0.391. The van der Waals surface area contributed by atoms with Gasteiger partial charge in [-0.2, -0.15) is 0 Å². The number of amides is 2. The molecule has 2 amide bonds. The predicted molar refractivity (Wildman–Crippen MR) is 110 cm³/mol. The van der Waals surface area contributed by atoms with E-state index in [1.54, 1.807) is 29.0 Å². The fourth-order valence-electron chi connectivity index (χ4n) is 3.89. The second-order valence-corrected chi connectivity index (χ2v) is 7.74. The van der Waals surface area contributed by atoms with Gasteiger partial charge in [0.25, 0.3) is 0 Å². The summed E-state index contributed by atoms with van der Waals surface area (Å²) < 4.78 is 29.2. The van der Waals surface area contributed by atoms with Crippen LogP contribution in [0.25, 0.3) is 0 Å². The molecule has 7 nitrogen and oxygen atoms in total. The Morgan fingerprint density at radius 3 is 2.61 bits per heavy atom. The minimum absolute atomic E-state index is 0.0415. The molecule has 2 aliphatic rings. The fourth-order valence-corrected chi connectivity index (χ4v) is 3.89. The Bertz CT molecular complexity index is 949. The van der Waals surface area contributed by atoms with Crippen LogP contribution in [0, 0.1) is 11.7 Å². The van der Waals surface area contributed by atoms with E-state index < -0.39 is 5.92 Å². The second kappa shape index (κ2) is 9.34. The molecule has 2 aromatic rings. The smallest absolute Gasteiger partial charge is 0.231 e. The molecule has 0 saturated carbocycles. The van der Waals surface area contributed by atoms with Gasteiger partial charge in [-0.15, -0.1) is 0 Å². The van der Waals surface area contributed by atoms with Gasteiger partial charge in [-0.3, -0.25) is 9.59 Å². The molecule has 0 bridgehead atoms. The molecule has 1 saturated heterocycles. The topological polar surface area (TPSA) is 68.3 Å². The highest BCUT2D eigenvalue weighted by Gasteiger charge is 2.36. The van der Waals surface area contributed by atoms with Crippen LogP contribution in [0.2, 0.25) is 0 Å². The molecule has 1 unspecified atom stereocenters. The predicted octanol–water partition coefficient (Wildman–Crippen LogP) is 2.58. The Morgan fingerprint density at radius 1 is 1.13 bits per heavy atom. The monoisotopic (exact) mass is 428 g/mol. The number of carbonyl (C=O) groups excluding carboxylic acids is 2. The van der Waals surface area contributed by atoms with E-state index in [9.17, 15) is 14.0 Å². The molecule has 0 radical (unpaired) electrons. The number of likely N-dealkylation sites (tertiary alicyclic amines) is 1. The normalized spacial score (nSPS) is 17.3. The molecule has 0 spiro atoms. The number of hydrogen-bond donors (Lipinski definition) is 0. The minimum atomic E-state index is -0.418. The number of rotatable bonds is 8. The number of benzene rings is 2. The molecule has 31 heavy (non-hydrogen) atoms. The molecule has 4 rings (SSSR count). The molecule has 164 valence electrons. The molecule has 1 atom stereocenters. The lowest BCUT2D eigenvalue weighted by Gasteiger charge is -2.26. The van der Waals surface area contributed by atoms with Crippen molar-refractivity contribution < 1.29 is 28.2 Å². The molecular weight excluding hydrogens is 403 g/mol. The van der Waals surface area contributed by atoms with Crippen LogP contribution in [0.15, 0.2) is 42.5 Å². The van der Waals surface area contributed by atoms with Gasteiger partial charge in [0, 0.05) is 39.7 Å². The first kappa shape index (κ1) is 21.1. The van der Waals surface area contributed by atoms with Crippen LogP contribution in [0.4, 0.5) is 4.39 Å². The van der Waals surface area contributed by atoms with E-state index in [2.05, 4.69) is 0 Å². The van der Waals surface area contributed by atoms with Gasteiger partial charge in [0.15, 0.2) is 11.5 Å². The van der Waals surface area contributed by atoms with Crippen molar-refractivity contribution >= 4 is 11.8 Å². The lowest BCUT2D eigenvalue weighted by Crippen LogP contribution is -2.37. The molecule has 0 aliphatic carbocycles. The SMILES string of the molecule is COCCN1CC(C(=O)N(Cc2ccc(F)cc2)Cc2ccc3c(c2)OCO3)CC1=O. The van der Waals surface area contributed by atoms with Gasteiger partial charge in [-0.05, 0) is 35.4 Å². The molecule has 1 fully saturated rings. The Kier molecular flexibility index (Phi) is 6.36. The van der Waals surface area contributed by atoms with Crippen LogP contribution in [0.1, 0.15) is 17.5 Å².